The van der Waals surface area contributed by atoms with Crippen molar-refractivity contribution in [3.63, 3.8) is 0 Å². The molecule has 0 aliphatic carbocycles. The number of rotatable bonds is 2. The van der Waals surface area contributed by atoms with Crippen LogP contribution in [0.4, 0.5) is 0 Å². The number of carbonyl (C=O) groups excluding carboxylic acids is 1. The normalized spacial score (nSPS) is 10.1. The van der Waals surface area contributed by atoms with Gasteiger partial charge in [-0.25, -0.2) is 0 Å². The monoisotopic (exact) mass is 262 g/mol. The Hall–Kier alpha value is -0.852. The number of thiophene rings is 1. The molecule has 1 aromatic heterocycles. The first kappa shape index (κ1) is 9.69. The molecule has 0 fully saturated rings. The van der Waals surface area contributed by atoms with E-state index in [0.717, 1.165) is 14.8 Å². The molecule has 1 heterocycles. The molecular formula is C11H7AsOS. The summed E-state index contributed by atoms with van der Waals surface area (Å²) in [4.78, 5) is 12.7. The molecule has 0 saturated heterocycles. The van der Waals surface area contributed by atoms with Gasteiger partial charge in [0.1, 0.15) is 0 Å². The van der Waals surface area contributed by atoms with E-state index in [1.165, 1.54) is 11.3 Å². The van der Waals surface area contributed by atoms with Gasteiger partial charge in [0.15, 0.2) is 0 Å². The average Bonchev–Trinajstić information content (AvgIpc) is 2.70. The molecule has 2 aromatic rings. The third kappa shape index (κ3) is 1.82. The first-order valence-electron chi connectivity index (χ1n) is 4.15. The molecule has 0 spiro atoms. The molecule has 1 aromatic carbocycles. The molecule has 1 nitrogen and oxygen atoms in total. The minimum absolute atomic E-state index is 0.108. The van der Waals surface area contributed by atoms with Crippen molar-refractivity contribution in [2.45, 2.75) is 0 Å². The Labute approximate surface area is 95.3 Å². The fraction of sp³-hybridized carbons (Fsp3) is 0. The molecule has 14 heavy (non-hydrogen) atoms. The second-order valence-corrected chi connectivity index (χ2v) is 4.78. The molecule has 0 aliphatic heterocycles. The fourth-order valence-electron chi connectivity index (χ4n) is 1.21. The molecule has 0 N–H and O–H groups in total. The van der Waals surface area contributed by atoms with E-state index in [2.05, 4.69) is 16.9 Å². The zero-order valence-electron chi connectivity index (χ0n) is 7.31. The van der Waals surface area contributed by atoms with Crippen molar-refractivity contribution in [2.75, 3.05) is 0 Å². The first-order chi connectivity index (χ1) is 6.79. The van der Waals surface area contributed by atoms with E-state index < -0.39 is 0 Å². The summed E-state index contributed by atoms with van der Waals surface area (Å²) in [6.07, 6.45) is 0. The van der Waals surface area contributed by atoms with Gasteiger partial charge in [0.05, 0.1) is 0 Å². The van der Waals surface area contributed by atoms with Crippen molar-refractivity contribution in [3.8, 4) is 0 Å². The number of hydrogen-bond acceptors (Lipinski definition) is 2. The summed E-state index contributed by atoms with van der Waals surface area (Å²) in [6.45, 7) is 0. The van der Waals surface area contributed by atoms with Crippen molar-refractivity contribution in [1.29, 1.82) is 0 Å². The van der Waals surface area contributed by atoms with Gasteiger partial charge in [-0.05, 0) is 0 Å². The molecule has 0 unspecified atom stereocenters. The van der Waals surface area contributed by atoms with E-state index in [1.54, 1.807) is 0 Å². The molecule has 0 saturated carbocycles. The Morgan fingerprint density at radius 3 is 2.57 bits per heavy atom. The van der Waals surface area contributed by atoms with Crippen molar-refractivity contribution < 1.29 is 4.79 Å². The molecule has 2 radical (unpaired) electrons. The van der Waals surface area contributed by atoms with Crippen molar-refractivity contribution in [2.24, 2.45) is 0 Å². The van der Waals surface area contributed by atoms with Gasteiger partial charge in [-0.3, -0.25) is 0 Å². The minimum atomic E-state index is 0.108. The Balaban J connectivity index is 2.42. The second kappa shape index (κ2) is 4.12. The van der Waals surface area contributed by atoms with Gasteiger partial charge in [-0.15, -0.1) is 0 Å². The van der Waals surface area contributed by atoms with E-state index in [-0.39, 0.29) is 5.78 Å². The quantitative estimate of drug-likeness (QED) is 0.595. The van der Waals surface area contributed by atoms with Crippen molar-refractivity contribution in [3.05, 3.63) is 52.2 Å². The standard InChI is InChI=1S/C11H7AsOS/c12-9-5-2-1-4-8(9)11(13)10-6-3-7-14-10/h1-7H. The third-order valence-corrected chi connectivity index (χ3v) is 3.58. The predicted molar refractivity (Wildman–Crippen MR) is 59.6 cm³/mol. The van der Waals surface area contributed by atoms with Crippen LogP contribution in [0, 0.1) is 0 Å². The first-order valence-corrected chi connectivity index (χ1v) is 5.97. The number of hydrogen-bond donors (Lipinski definition) is 0. The van der Waals surface area contributed by atoms with E-state index in [9.17, 15) is 4.79 Å². The van der Waals surface area contributed by atoms with Crippen LogP contribution < -0.4 is 4.35 Å². The van der Waals surface area contributed by atoms with Crippen LogP contribution in [-0.4, -0.2) is 22.6 Å². The van der Waals surface area contributed by atoms with Gasteiger partial charge >= 0.3 is 95.3 Å². The maximum absolute atomic E-state index is 11.9. The molecule has 3 heteroatoms. The number of benzene rings is 1. The fourth-order valence-corrected chi connectivity index (χ4v) is 2.43. The Morgan fingerprint density at radius 1 is 1.14 bits per heavy atom. The SMILES string of the molecule is O=C(c1cccs1)c1ccccc1[As]. The van der Waals surface area contributed by atoms with Gasteiger partial charge in [-0.2, -0.15) is 0 Å². The van der Waals surface area contributed by atoms with Crippen molar-refractivity contribution in [1.82, 2.24) is 0 Å². The number of ketones is 1. The predicted octanol–water partition coefficient (Wildman–Crippen LogP) is 1.77. The Kier molecular flexibility index (Phi) is 2.85. The molecular weight excluding hydrogens is 255 g/mol. The van der Waals surface area contributed by atoms with Crippen LogP contribution in [0.5, 0.6) is 0 Å². The summed E-state index contributed by atoms with van der Waals surface area (Å²) in [5.74, 6) is 0.108. The van der Waals surface area contributed by atoms with Gasteiger partial charge in [0.25, 0.3) is 0 Å². The Morgan fingerprint density at radius 2 is 1.93 bits per heavy atom. The van der Waals surface area contributed by atoms with E-state index >= 15 is 0 Å². The van der Waals surface area contributed by atoms with Gasteiger partial charge in [-0.1, -0.05) is 0 Å². The van der Waals surface area contributed by atoms with Crippen LogP contribution in [0.3, 0.4) is 0 Å². The molecule has 0 aliphatic rings. The molecule has 0 atom stereocenters. The van der Waals surface area contributed by atoms with Crippen LogP contribution in [0.25, 0.3) is 0 Å². The third-order valence-electron chi connectivity index (χ3n) is 1.89. The summed E-state index contributed by atoms with van der Waals surface area (Å²) in [7, 11) is 0. The van der Waals surface area contributed by atoms with Gasteiger partial charge in [0, 0.05) is 0 Å². The van der Waals surface area contributed by atoms with Gasteiger partial charge < -0.3 is 0 Å². The van der Waals surface area contributed by atoms with E-state index in [1.807, 2.05) is 41.8 Å². The zero-order valence-corrected chi connectivity index (χ0v) is 10.00. The maximum atomic E-state index is 11.9. The summed E-state index contributed by atoms with van der Waals surface area (Å²) >= 11 is 3.91. The number of carbonyl (C=O) groups is 1. The summed E-state index contributed by atoms with van der Waals surface area (Å²) in [6, 6.07) is 11.4. The van der Waals surface area contributed by atoms with Crippen LogP contribution in [-0.2, 0) is 0 Å². The molecule has 0 bridgehead atoms. The topological polar surface area (TPSA) is 17.1 Å². The van der Waals surface area contributed by atoms with E-state index in [4.69, 9.17) is 0 Å². The second-order valence-electron chi connectivity index (χ2n) is 2.82. The van der Waals surface area contributed by atoms with E-state index in [0.29, 0.717) is 0 Å². The summed E-state index contributed by atoms with van der Waals surface area (Å²) < 4.78 is 0.971. The van der Waals surface area contributed by atoms with Crippen LogP contribution in [0.15, 0.2) is 41.8 Å². The zero-order chi connectivity index (χ0) is 9.97. The summed E-state index contributed by atoms with van der Waals surface area (Å²) in [5.41, 5.74) is 0.773. The van der Waals surface area contributed by atoms with Crippen LogP contribution in [0.2, 0.25) is 0 Å². The van der Waals surface area contributed by atoms with Crippen LogP contribution >= 0.6 is 11.3 Å². The average molecular weight is 262 g/mol. The molecule has 2 rings (SSSR count). The van der Waals surface area contributed by atoms with Crippen molar-refractivity contribution >= 4 is 38.3 Å². The molecule has 0 amide bonds. The summed E-state index contributed by atoms with van der Waals surface area (Å²) in [5, 5.41) is 1.92. The van der Waals surface area contributed by atoms with Crippen LogP contribution in [0.1, 0.15) is 15.2 Å². The Bertz CT molecular complexity index is 448. The van der Waals surface area contributed by atoms with Gasteiger partial charge in [0.2, 0.25) is 0 Å². The molecule has 68 valence electrons.